The van der Waals surface area contributed by atoms with Crippen LogP contribution in [0, 0.1) is 23.2 Å². The summed E-state index contributed by atoms with van der Waals surface area (Å²) in [5.74, 6) is 2.76. The zero-order valence-corrected chi connectivity index (χ0v) is 13.0. The number of hydrogen-bond donors (Lipinski definition) is 1. The van der Waals surface area contributed by atoms with E-state index in [2.05, 4.69) is 26.1 Å². The molecule has 0 amide bonds. The van der Waals surface area contributed by atoms with Crippen molar-refractivity contribution in [2.75, 3.05) is 13.2 Å². The zero-order valence-electron chi connectivity index (χ0n) is 13.0. The SMILES string of the molecule is CC1CCC(CCNC2C3CCOC3C2(C)C)CC1. The Kier molecular flexibility index (Phi) is 3.92. The summed E-state index contributed by atoms with van der Waals surface area (Å²) in [4.78, 5) is 0. The predicted octanol–water partition coefficient (Wildman–Crippen LogP) is 3.61. The van der Waals surface area contributed by atoms with Crippen molar-refractivity contribution in [3.63, 3.8) is 0 Å². The van der Waals surface area contributed by atoms with Crippen LogP contribution in [0.25, 0.3) is 0 Å². The highest BCUT2D eigenvalue weighted by molar-refractivity contribution is 5.11. The van der Waals surface area contributed by atoms with Crippen molar-refractivity contribution in [2.45, 2.75) is 71.4 Å². The topological polar surface area (TPSA) is 21.3 Å². The molecular weight excluding hydrogens is 234 g/mol. The van der Waals surface area contributed by atoms with Gasteiger partial charge in [0.2, 0.25) is 0 Å². The molecule has 1 aliphatic heterocycles. The first-order chi connectivity index (χ1) is 9.09. The lowest BCUT2D eigenvalue weighted by atomic mass is 9.57. The molecule has 3 atom stereocenters. The van der Waals surface area contributed by atoms with E-state index in [1.807, 2.05) is 0 Å². The third kappa shape index (κ3) is 2.58. The van der Waals surface area contributed by atoms with E-state index in [4.69, 9.17) is 4.74 Å². The van der Waals surface area contributed by atoms with Gasteiger partial charge in [0.25, 0.3) is 0 Å². The van der Waals surface area contributed by atoms with Crippen molar-refractivity contribution >= 4 is 0 Å². The summed E-state index contributed by atoms with van der Waals surface area (Å²) in [6.45, 7) is 9.36. The highest BCUT2D eigenvalue weighted by Gasteiger charge is 2.58. The van der Waals surface area contributed by atoms with E-state index in [1.54, 1.807) is 0 Å². The molecule has 1 heterocycles. The van der Waals surface area contributed by atoms with Crippen LogP contribution < -0.4 is 5.32 Å². The molecule has 2 saturated carbocycles. The minimum atomic E-state index is 0.349. The molecule has 3 aliphatic rings. The molecule has 3 fully saturated rings. The summed E-state index contributed by atoms with van der Waals surface area (Å²) in [6, 6.07) is 0.697. The quantitative estimate of drug-likeness (QED) is 0.838. The van der Waals surface area contributed by atoms with Gasteiger partial charge in [-0.2, -0.15) is 0 Å². The molecule has 3 unspecified atom stereocenters. The van der Waals surface area contributed by atoms with Gasteiger partial charge in [-0.15, -0.1) is 0 Å². The largest absolute Gasteiger partial charge is 0.377 e. The van der Waals surface area contributed by atoms with Gasteiger partial charge >= 0.3 is 0 Å². The average molecular weight is 265 g/mol. The molecule has 0 aromatic rings. The van der Waals surface area contributed by atoms with Gasteiger partial charge in [0, 0.05) is 24.0 Å². The molecular formula is C17H31NO. The van der Waals surface area contributed by atoms with Gasteiger partial charge in [-0.05, 0) is 31.2 Å². The Labute approximate surface area is 118 Å². The number of fused-ring (bicyclic) bond motifs is 1. The van der Waals surface area contributed by atoms with E-state index in [0.29, 0.717) is 17.6 Å². The number of ether oxygens (including phenoxy) is 1. The molecule has 0 bridgehead atoms. The maximum absolute atomic E-state index is 5.87. The van der Waals surface area contributed by atoms with Crippen LogP contribution in [0.15, 0.2) is 0 Å². The third-order valence-electron chi connectivity index (χ3n) is 6.15. The van der Waals surface area contributed by atoms with E-state index in [1.165, 1.54) is 45.1 Å². The van der Waals surface area contributed by atoms with Crippen molar-refractivity contribution in [3.8, 4) is 0 Å². The van der Waals surface area contributed by atoms with Gasteiger partial charge in [0.1, 0.15) is 0 Å². The maximum atomic E-state index is 5.87. The molecule has 1 N–H and O–H groups in total. The second-order valence-electron chi connectivity index (χ2n) is 7.91. The Morgan fingerprint density at radius 1 is 1.11 bits per heavy atom. The van der Waals surface area contributed by atoms with Crippen molar-refractivity contribution in [3.05, 3.63) is 0 Å². The van der Waals surface area contributed by atoms with Gasteiger partial charge in [0.05, 0.1) is 6.10 Å². The van der Waals surface area contributed by atoms with Crippen LogP contribution in [0.1, 0.15) is 59.3 Å². The average Bonchev–Trinajstić information content (AvgIpc) is 2.83. The standard InChI is InChI=1S/C17H31NO/c1-12-4-6-13(7-5-12)8-10-18-15-14-9-11-19-16(14)17(15,2)3/h12-16,18H,4-11H2,1-3H3. The predicted molar refractivity (Wildman–Crippen MR) is 79.2 cm³/mol. The van der Waals surface area contributed by atoms with Crippen LogP contribution in [0.3, 0.4) is 0 Å². The second kappa shape index (κ2) is 5.37. The van der Waals surface area contributed by atoms with Gasteiger partial charge in [-0.3, -0.25) is 0 Å². The van der Waals surface area contributed by atoms with Gasteiger partial charge in [-0.1, -0.05) is 46.5 Å². The summed E-state index contributed by atoms with van der Waals surface area (Å²) >= 11 is 0. The summed E-state index contributed by atoms with van der Waals surface area (Å²) in [6.07, 6.45) is 9.03. The van der Waals surface area contributed by atoms with Crippen LogP contribution >= 0.6 is 0 Å². The lowest BCUT2D eigenvalue weighted by Crippen LogP contribution is -2.65. The van der Waals surface area contributed by atoms with Crippen molar-refractivity contribution in [1.82, 2.24) is 5.32 Å². The molecule has 2 nitrogen and oxygen atoms in total. The fourth-order valence-electron chi connectivity index (χ4n) is 4.80. The van der Waals surface area contributed by atoms with Crippen molar-refractivity contribution in [1.29, 1.82) is 0 Å². The Morgan fingerprint density at radius 2 is 1.84 bits per heavy atom. The molecule has 3 rings (SSSR count). The first-order valence-electron chi connectivity index (χ1n) is 8.44. The fraction of sp³-hybridized carbons (Fsp3) is 1.00. The third-order valence-corrected chi connectivity index (χ3v) is 6.15. The Balaban J connectivity index is 1.41. The molecule has 2 heteroatoms. The lowest BCUT2D eigenvalue weighted by Gasteiger charge is -2.55. The summed E-state index contributed by atoms with van der Waals surface area (Å²) in [7, 11) is 0. The smallest absolute Gasteiger partial charge is 0.0685 e. The second-order valence-corrected chi connectivity index (χ2v) is 7.91. The molecule has 0 spiro atoms. The summed E-state index contributed by atoms with van der Waals surface area (Å²) in [5, 5.41) is 3.86. The molecule has 0 aromatic carbocycles. The van der Waals surface area contributed by atoms with Crippen molar-refractivity contribution < 1.29 is 4.74 Å². The van der Waals surface area contributed by atoms with Gasteiger partial charge < -0.3 is 10.1 Å². The highest BCUT2D eigenvalue weighted by atomic mass is 16.5. The van der Waals surface area contributed by atoms with Crippen LogP contribution in [0.2, 0.25) is 0 Å². The Morgan fingerprint density at radius 3 is 2.58 bits per heavy atom. The molecule has 2 aliphatic carbocycles. The summed E-state index contributed by atoms with van der Waals surface area (Å²) < 4.78 is 5.87. The zero-order chi connectivity index (χ0) is 13.5. The molecule has 0 radical (unpaired) electrons. The number of rotatable bonds is 4. The van der Waals surface area contributed by atoms with Gasteiger partial charge in [-0.25, -0.2) is 0 Å². The molecule has 19 heavy (non-hydrogen) atoms. The Bertz CT molecular complexity index is 306. The van der Waals surface area contributed by atoms with E-state index >= 15 is 0 Å². The number of nitrogens with one attached hydrogen (secondary N) is 1. The fourth-order valence-corrected chi connectivity index (χ4v) is 4.80. The van der Waals surface area contributed by atoms with Gasteiger partial charge in [0.15, 0.2) is 0 Å². The van der Waals surface area contributed by atoms with E-state index in [-0.39, 0.29) is 0 Å². The minimum Gasteiger partial charge on any atom is -0.377 e. The first-order valence-corrected chi connectivity index (χ1v) is 8.44. The van der Waals surface area contributed by atoms with Crippen LogP contribution in [-0.4, -0.2) is 25.3 Å². The molecule has 110 valence electrons. The van der Waals surface area contributed by atoms with Crippen LogP contribution in [0.4, 0.5) is 0 Å². The first kappa shape index (κ1) is 13.9. The lowest BCUT2D eigenvalue weighted by molar-refractivity contribution is -0.112. The highest BCUT2D eigenvalue weighted by Crippen LogP contribution is 2.52. The molecule has 1 saturated heterocycles. The van der Waals surface area contributed by atoms with Crippen molar-refractivity contribution in [2.24, 2.45) is 23.2 Å². The number of hydrogen-bond acceptors (Lipinski definition) is 2. The minimum absolute atomic E-state index is 0.349. The van der Waals surface area contributed by atoms with E-state index < -0.39 is 0 Å². The van der Waals surface area contributed by atoms with Crippen LogP contribution in [0.5, 0.6) is 0 Å². The monoisotopic (exact) mass is 265 g/mol. The summed E-state index contributed by atoms with van der Waals surface area (Å²) in [5.41, 5.74) is 0.349. The maximum Gasteiger partial charge on any atom is 0.0685 e. The normalized spacial score (nSPS) is 44.7. The Hall–Kier alpha value is -0.0800. The van der Waals surface area contributed by atoms with E-state index in [9.17, 15) is 0 Å². The van der Waals surface area contributed by atoms with Crippen LogP contribution in [-0.2, 0) is 4.74 Å². The molecule has 0 aromatic heterocycles. The van der Waals surface area contributed by atoms with E-state index in [0.717, 1.165) is 24.4 Å².